The number of sulfonamides is 1. The van der Waals surface area contributed by atoms with Crippen molar-refractivity contribution in [1.29, 1.82) is 0 Å². The predicted octanol–water partition coefficient (Wildman–Crippen LogP) is 3.46. The Bertz CT molecular complexity index is 1380. The lowest BCUT2D eigenvalue weighted by Crippen LogP contribution is -2.09. The zero-order valence-corrected chi connectivity index (χ0v) is 16.4. The average Bonchev–Trinajstić information content (AvgIpc) is 2.67. The monoisotopic (exact) mass is 411 g/mol. The van der Waals surface area contributed by atoms with Crippen LogP contribution in [0.1, 0.15) is 0 Å². The van der Waals surface area contributed by atoms with Crippen molar-refractivity contribution in [2.45, 2.75) is 0 Å². The number of pyridine rings is 1. The van der Waals surface area contributed by atoms with Crippen LogP contribution in [0.15, 0.2) is 63.8 Å². The number of nitrogens with zero attached hydrogens (tertiary/aromatic N) is 1. The molecule has 2 N–H and O–H groups in total. The first-order valence-electron chi connectivity index (χ1n) is 8.59. The van der Waals surface area contributed by atoms with E-state index in [1.807, 2.05) is 6.07 Å². The molecule has 2 aromatic carbocycles. The van der Waals surface area contributed by atoms with Crippen LogP contribution in [0.25, 0.3) is 22.0 Å². The van der Waals surface area contributed by atoms with Gasteiger partial charge in [0.2, 0.25) is 15.7 Å². The van der Waals surface area contributed by atoms with E-state index in [2.05, 4.69) is 15.0 Å². The highest BCUT2D eigenvalue weighted by Crippen LogP contribution is 2.34. The summed E-state index contributed by atoms with van der Waals surface area (Å²) in [4.78, 5) is 16.1. The predicted molar refractivity (Wildman–Crippen MR) is 113 cm³/mol. The van der Waals surface area contributed by atoms with E-state index in [0.717, 1.165) is 11.6 Å². The van der Waals surface area contributed by atoms with Crippen molar-refractivity contribution in [2.24, 2.45) is 0 Å². The number of fused-ring (bicyclic) bond motifs is 2. The summed E-state index contributed by atoms with van der Waals surface area (Å²) in [5.41, 5.74) is 2.22. The maximum Gasteiger partial charge on any atom is 0.337 e. The third-order valence-electron chi connectivity index (χ3n) is 4.24. The van der Waals surface area contributed by atoms with Crippen LogP contribution in [0.5, 0.6) is 5.75 Å². The Balaban J connectivity index is 1.85. The summed E-state index contributed by atoms with van der Waals surface area (Å²) in [5.74, 6) is 0.659. The Hall–Kier alpha value is -3.59. The van der Waals surface area contributed by atoms with E-state index < -0.39 is 15.6 Å². The molecule has 0 atom stereocenters. The standard InChI is InChI=1S/C20H17N3O5S/c1-27-14-7-9-17-16(11-14)19(15-8-10-18(24)28-20(15)22-17)21-12-3-5-13(6-4-12)23-29(2,25)26/h3-11,23H,1-2H3,(H,21,22). The topological polar surface area (TPSA) is 111 Å². The van der Waals surface area contributed by atoms with E-state index in [-0.39, 0.29) is 5.71 Å². The summed E-state index contributed by atoms with van der Waals surface area (Å²) in [6, 6.07) is 15.2. The molecule has 4 rings (SSSR count). The van der Waals surface area contributed by atoms with Gasteiger partial charge in [-0.25, -0.2) is 18.2 Å². The Morgan fingerprint density at radius 1 is 0.966 bits per heavy atom. The Labute approximate surface area is 166 Å². The van der Waals surface area contributed by atoms with Crippen molar-refractivity contribution < 1.29 is 17.6 Å². The number of methoxy groups -OCH3 is 1. The van der Waals surface area contributed by atoms with Gasteiger partial charge in [-0.2, -0.15) is 0 Å². The minimum absolute atomic E-state index is 0.216. The van der Waals surface area contributed by atoms with Crippen LogP contribution in [0.2, 0.25) is 0 Å². The summed E-state index contributed by atoms with van der Waals surface area (Å²) < 4.78 is 35.8. The van der Waals surface area contributed by atoms with Crippen molar-refractivity contribution >= 4 is 49.1 Å². The fourth-order valence-electron chi connectivity index (χ4n) is 2.99. The summed E-state index contributed by atoms with van der Waals surface area (Å²) >= 11 is 0. The number of aromatic nitrogens is 1. The molecular formula is C20H17N3O5S. The molecule has 0 saturated heterocycles. The summed E-state index contributed by atoms with van der Waals surface area (Å²) in [6.45, 7) is 0. The highest BCUT2D eigenvalue weighted by atomic mass is 32.2. The van der Waals surface area contributed by atoms with Gasteiger partial charge in [0, 0.05) is 22.8 Å². The number of ether oxygens (including phenoxy) is 1. The molecule has 2 aromatic heterocycles. The number of rotatable bonds is 5. The Morgan fingerprint density at radius 3 is 2.38 bits per heavy atom. The molecule has 0 radical (unpaired) electrons. The molecule has 0 aliphatic carbocycles. The van der Waals surface area contributed by atoms with Crippen molar-refractivity contribution in [2.75, 3.05) is 23.4 Å². The van der Waals surface area contributed by atoms with E-state index in [0.29, 0.717) is 33.7 Å². The fraction of sp³-hybridized carbons (Fsp3) is 0.100. The van der Waals surface area contributed by atoms with Crippen molar-refractivity contribution in [3.8, 4) is 5.75 Å². The highest BCUT2D eigenvalue weighted by Gasteiger charge is 2.13. The number of anilines is 3. The highest BCUT2D eigenvalue weighted by molar-refractivity contribution is 7.92. The van der Waals surface area contributed by atoms with E-state index >= 15 is 0 Å². The molecule has 9 heteroatoms. The average molecular weight is 411 g/mol. The van der Waals surface area contributed by atoms with Crippen LogP contribution in [-0.4, -0.2) is 26.8 Å². The van der Waals surface area contributed by atoms with Gasteiger partial charge in [0.15, 0.2) is 0 Å². The van der Waals surface area contributed by atoms with Gasteiger partial charge in [-0.1, -0.05) is 0 Å². The largest absolute Gasteiger partial charge is 0.497 e. The third-order valence-corrected chi connectivity index (χ3v) is 4.84. The lowest BCUT2D eigenvalue weighted by molar-refractivity contribution is 0.415. The van der Waals surface area contributed by atoms with Crippen LogP contribution in [0.4, 0.5) is 17.1 Å². The van der Waals surface area contributed by atoms with Crippen LogP contribution in [0.3, 0.4) is 0 Å². The van der Waals surface area contributed by atoms with Gasteiger partial charge >= 0.3 is 5.63 Å². The van der Waals surface area contributed by atoms with Crippen LogP contribution < -0.4 is 20.4 Å². The normalized spacial score (nSPS) is 11.5. The first-order valence-corrected chi connectivity index (χ1v) is 10.5. The van der Waals surface area contributed by atoms with E-state index in [4.69, 9.17) is 9.15 Å². The minimum Gasteiger partial charge on any atom is -0.497 e. The molecule has 8 nitrogen and oxygen atoms in total. The van der Waals surface area contributed by atoms with Gasteiger partial charge in [-0.3, -0.25) is 4.72 Å². The molecule has 0 saturated carbocycles. The van der Waals surface area contributed by atoms with Gasteiger partial charge < -0.3 is 14.5 Å². The summed E-state index contributed by atoms with van der Waals surface area (Å²) in [6.07, 6.45) is 1.09. The molecule has 0 bridgehead atoms. The van der Waals surface area contributed by atoms with Crippen molar-refractivity contribution in [3.63, 3.8) is 0 Å². The lowest BCUT2D eigenvalue weighted by Gasteiger charge is -2.14. The SMILES string of the molecule is COc1ccc2nc3oc(=O)ccc3c(Nc3ccc(NS(C)(=O)=O)cc3)c2c1. The molecule has 0 fully saturated rings. The van der Waals surface area contributed by atoms with E-state index in [9.17, 15) is 13.2 Å². The van der Waals surface area contributed by atoms with Crippen LogP contribution in [0, 0.1) is 0 Å². The van der Waals surface area contributed by atoms with Gasteiger partial charge in [0.1, 0.15) is 5.75 Å². The molecule has 0 amide bonds. The van der Waals surface area contributed by atoms with Crippen LogP contribution >= 0.6 is 0 Å². The molecule has 0 unspecified atom stereocenters. The molecule has 2 heterocycles. The van der Waals surface area contributed by atoms with Gasteiger partial charge in [-0.15, -0.1) is 0 Å². The zero-order chi connectivity index (χ0) is 20.6. The number of benzene rings is 2. The van der Waals surface area contributed by atoms with E-state index in [1.54, 1.807) is 49.6 Å². The lowest BCUT2D eigenvalue weighted by atomic mass is 10.1. The Morgan fingerprint density at radius 2 is 1.69 bits per heavy atom. The molecule has 0 aliphatic rings. The number of hydrogen-bond acceptors (Lipinski definition) is 7. The second kappa shape index (κ2) is 7.10. The van der Waals surface area contributed by atoms with Gasteiger partial charge in [0.25, 0.3) is 0 Å². The first-order chi connectivity index (χ1) is 13.8. The fourth-order valence-corrected chi connectivity index (χ4v) is 3.55. The first kappa shape index (κ1) is 18.8. The molecule has 148 valence electrons. The minimum atomic E-state index is -3.35. The molecule has 4 aromatic rings. The molecule has 0 spiro atoms. The maximum atomic E-state index is 11.6. The quantitative estimate of drug-likeness (QED) is 0.484. The van der Waals surface area contributed by atoms with Crippen molar-refractivity contribution in [1.82, 2.24) is 4.98 Å². The zero-order valence-electron chi connectivity index (χ0n) is 15.6. The summed E-state index contributed by atoms with van der Waals surface area (Å²) in [7, 11) is -1.77. The molecular weight excluding hydrogens is 394 g/mol. The summed E-state index contributed by atoms with van der Waals surface area (Å²) in [5, 5.41) is 4.73. The van der Waals surface area contributed by atoms with Crippen LogP contribution in [-0.2, 0) is 10.0 Å². The number of nitrogens with one attached hydrogen (secondary N) is 2. The second-order valence-electron chi connectivity index (χ2n) is 6.42. The van der Waals surface area contributed by atoms with E-state index in [1.165, 1.54) is 6.07 Å². The maximum absolute atomic E-state index is 11.6. The number of hydrogen-bond donors (Lipinski definition) is 2. The Kier molecular flexibility index (Phi) is 4.59. The molecule has 29 heavy (non-hydrogen) atoms. The third kappa shape index (κ3) is 3.99. The van der Waals surface area contributed by atoms with Gasteiger partial charge in [-0.05, 0) is 48.5 Å². The smallest absolute Gasteiger partial charge is 0.337 e. The second-order valence-corrected chi connectivity index (χ2v) is 8.17. The molecule has 0 aliphatic heterocycles. The van der Waals surface area contributed by atoms with Crippen molar-refractivity contribution in [3.05, 3.63) is 65.0 Å². The van der Waals surface area contributed by atoms with Gasteiger partial charge in [0.05, 0.1) is 30.0 Å².